The Morgan fingerprint density at radius 1 is 0.938 bits per heavy atom. The SMILES string of the molecule is CCOCCOC(O)COCCOCCO. The van der Waals surface area contributed by atoms with Gasteiger partial charge in [-0.1, -0.05) is 0 Å². The van der Waals surface area contributed by atoms with Gasteiger partial charge in [-0.05, 0) is 6.92 Å². The summed E-state index contributed by atoms with van der Waals surface area (Å²) in [5.41, 5.74) is 0. The van der Waals surface area contributed by atoms with Crippen molar-refractivity contribution in [3.05, 3.63) is 0 Å². The molecule has 98 valence electrons. The molecule has 6 heteroatoms. The molecule has 0 aromatic heterocycles. The second-order valence-corrected chi connectivity index (χ2v) is 2.93. The Balaban J connectivity index is 3.08. The molecule has 2 N–H and O–H groups in total. The molecular formula is C10H22O6. The van der Waals surface area contributed by atoms with Crippen LogP contribution >= 0.6 is 0 Å². The summed E-state index contributed by atoms with van der Waals surface area (Å²) in [5.74, 6) is 0. The molecule has 0 aliphatic heterocycles. The van der Waals surface area contributed by atoms with E-state index < -0.39 is 6.29 Å². The van der Waals surface area contributed by atoms with Gasteiger partial charge in [0.15, 0.2) is 6.29 Å². The zero-order valence-corrected chi connectivity index (χ0v) is 9.76. The van der Waals surface area contributed by atoms with Crippen molar-refractivity contribution in [3.8, 4) is 0 Å². The Morgan fingerprint density at radius 3 is 2.31 bits per heavy atom. The summed E-state index contributed by atoms with van der Waals surface area (Å²) in [6, 6.07) is 0. The van der Waals surface area contributed by atoms with E-state index in [0.717, 1.165) is 0 Å². The predicted molar refractivity (Wildman–Crippen MR) is 57.2 cm³/mol. The molecule has 0 aliphatic rings. The first-order valence-corrected chi connectivity index (χ1v) is 5.45. The summed E-state index contributed by atoms with van der Waals surface area (Å²) < 4.78 is 20.1. The topological polar surface area (TPSA) is 77.4 Å². The number of rotatable bonds is 12. The largest absolute Gasteiger partial charge is 0.394 e. The molecule has 0 amide bonds. The molecule has 0 radical (unpaired) electrons. The number of aliphatic hydroxyl groups excluding tert-OH is 2. The fourth-order valence-corrected chi connectivity index (χ4v) is 0.904. The van der Waals surface area contributed by atoms with Gasteiger partial charge in [0.25, 0.3) is 0 Å². The molecule has 1 atom stereocenters. The molecule has 0 fully saturated rings. The summed E-state index contributed by atoms with van der Waals surface area (Å²) in [4.78, 5) is 0. The zero-order chi connectivity index (χ0) is 12.1. The molecule has 0 bridgehead atoms. The van der Waals surface area contributed by atoms with Gasteiger partial charge in [-0.15, -0.1) is 0 Å². The lowest BCUT2D eigenvalue weighted by Crippen LogP contribution is -2.22. The number of hydrogen-bond donors (Lipinski definition) is 2. The summed E-state index contributed by atoms with van der Waals surface area (Å²) in [7, 11) is 0. The van der Waals surface area contributed by atoms with Crippen LogP contribution in [0.4, 0.5) is 0 Å². The lowest BCUT2D eigenvalue weighted by molar-refractivity contribution is -0.148. The van der Waals surface area contributed by atoms with Crippen LogP contribution in [0.1, 0.15) is 6.92 Å². The van der Waals surface area contributed by atoms with Crippen LogP contribution in [0.5, 0.6) is 0 Å². The second kappa shape index (κ2) is 12.8. The van der Waals surface area contributed by atoms with Gasteiger partial charge < -0.3 is 29.2 Å². The minimum Gasteiger partial charge on any atom is -0.394 e. The Labute approximate surface area is 96.1 Å². The van der Waals surface area contributed by atoms with Gasteiger partial charge in [-0.25, -0.2) is 0 Å². The molecule has 0 heterocycles. The van der Waals surface area contributed by atoms with Crippen molar-refractivity contribution in [2.45, 2.75) is 13.2 Å². The molecule has 0 saturated carbocycles. The third kappa shape index (κ3) is 11.8. The van der Waals surface area contributed by atoms with Gasteiger partial charge in [0.2, 0.25) is 0 Å². The van der Waals surface area contributed by atoms with Gasteiger partial charge in [-0.2, -0.15) is 0 Å². The fourth-order valence-electron chi connectivity index (χ4n) is 0.904. The quantitative estimate of drug-likeness (QED) is 0.349. The highest BCUT2D eigenvalue weighted by Gasteiger charge is 2.03. The van der Waals surface area contributed by atoms with E-state index in [0.29, 0.717) is 39.6 Å². The van der Waals surface area contributed by atoms with E-state index in [1.54, 1.807) is 0 Å². The van der Waals surface area contributed by atoms with E-state index in [-0.39, 0.29) is 13.2 Å². The van der Waals surface area contributed by atoms with Crippen molar-refractivity contribution in [2.24, 2.45) is 0 Å². The van der Waals surface area contributed by atoms with E-state index in [9.17, 15) is 5.11 Å². The summed E-state index contributed by atoms with van der Waals surface area (Å²) >= 11 is 0. The van der Waals surface area contributed by atoms with E-state index in [1.165, 1.54) is 0 Å². The monoisotopic (exact) mass is 238 g/mol. The van der Waals surface area contributed by atoms with Gasteiger partial charge in [-0.3, -0.25) is 0 Å². The van der Waals surface area contributed by atoms with E-state index in [2.05, 4.69) is 0 Å². The highest BCUT2D eigenvalue weighted by Crippen LogP contribution is 1.89. The highest BCUT2D eigenvalue weighted by molar-refractivity contribution is 4.39. The lowest BCUT2D eigenvalue weighted by Gasteiger charge is -2.12. The average molecular weight is 238 g/mol. The molecule has 6 nitrogen and oxygen atoms in total. The Morgan fingerprint density at radius 2 is 1.62 bits per heavy atom. The smallest absolute Gasteiger partial charge is 0.178 e. The Bertz CT molecular complexity index is 132. The van der Waals surface area contributed by atoms with Crippen molar-refractivity contribution in [1.82, 2.24) is 0 Å². The van der Waals surface area contributed by atoms with Crippen molar-refractivity contribution in [1.29, 1.82) is 0 Å². The molecule has 0 rings (SSSR count). The standard InChI is InChI=1S/C10H22O6/c1-2-13-7-8-16-10(12)9-15-6-5-14-4-3-11/h10-12H,2-9H2,1H3. The Hall–Kier alpha value is -0.240. The van der Waals surface area contributed by atoms with E-state index >= 15 is 0 Å². The van der Waals surface area contributed by atoms with Gasteiger partial charge in [0, 0.05) is 6.61 Å². The van der Waals surface area contributed by atoms with Crippen molar-refractivity contribution < 1.29 is 29.2 Å². The van der Waals surface area contributed by atoms with Crippen LogP contribution in [0, 0.1) is 0 Å². The summed E-state index contributed by atoms with van der Waals surface area (Å²) in [6.45, 7) is 4.52. The van der Waals surface area contributed by atoms with Crippen LogP contribution < -0.4 is 0 Å². The third-order valence-electron chi connectivity index (χ3n) is 1.61. The minimum absolute atomic E-state index is 0.00314. The third-order valence-corrected chi connectivity index (χ3v) is 1.61. The summed E-state index contributed by atoms with van der Waals surface area (Å²) in [6.07, 6.45) is -0.932. The van der Waals surface area contributed by atoms with Crippen molar-refractivity contribution in [2.75, 3.05) is 52.9 Å². The van der Waals surface area contributed by atoms with E-state index in [1.807, 2.05) is 6.92 Å². The number of aliphatic hydroxyl groups is 2. The normalized spacial score (nSPS) is 12.9. The summed E-state index contributed by atoms with van der Waals surface area (Å²) in [5, 5.41) is 17.7. The van der Waals surface area contributed by atoms with Crippen molar-refractivity contribution in [3.63, 3.8) is 0 Å². The van der Waals surface area contributed by atoms with Gasteiger partial charge in [0.05, 0.1) is 46.2 Å². The predicted octanol–water partition coefficient (Wildman–Crippen LogP) is -0.617. The molecule has 0 aromatic rings. The Kier molecular flexibility index (Phi) is 12.6. The van der Waals surface area contributed by atoms with Crippen LogP contribution in [-0.4, -0.2) is 69.4 Å². The first-order valence-electron chi connectivity index (χ1n) is 5.45. The minimum atomic E-state index is -0.932. The van der Waals surface area contributed by atoms with E-state index in [4.69, 9.17) is 24.1 Å². The molecular weight excluding hydrogens is 216 g/mol. The van der Waals surface area contributed by atoms with Crippen LogP contribution in [0.3, 0.4) is 0 Å². The van der Waals surface area contributed by atoms with Crippen LogP contribution in [0.15, 0.2) is 0 Å². The molecule has 0 aliphatic carbocycles. The first-order chi connectivity index (χ1) is 7.81. The first kappa shape index (κ1) is 15.8. The average Bonchev–Trinajstić information content (AvgIpc) is 2.29. The fraction of sp³-hybridized carbons (Fsp3) is 1.00. The number of hydrogen-bond acceptors (Lipinski definition) is 6. The van der Waals surface area contributed by atoms with Crippen molar-refractivity contribution >= 4 is 0 Å². The van der Waals surface area contributed by atoms with Crippen LogP contribution in [0.25, 0.3) is 0 Å². The molecule has 0 aromatic carbocycles. The van der Waals surface area contributed by atoms with Crippen LogP contribution in [0.2, 0.25) is 0 Å². The molecule has 0 saturated heterocycles. The highest BCUT2D eigenvalue weighted by atomic mass is 16.6. The number of ether oxygens (including phenoxy) is 4. The lowest BCUT2D eigenvalue weighted by atomic mass is 10.6. The second-order valence-electron chi connectivity index (χ2n) is 2.93. The maximum Gasteiger partial charge on any atom is 0.178 e. The maximum atomic E-state index is 9.27. The van der Waals surface area contributed by atoms with Gasteiger partial charge >= 0.3 is 0 Å². The van der Waals surface area contributed by atoms with Crippen LogP contribution in [-0.2, 0) is 18.9 Å². The maximum absolute atomic E-state index is 9.27. The molecule has 1 unspecified atom stereocenters. The molecule has 0 spiro atoms. The van der Waals surface area contributed by atoms with Gasteiger partial charge in [0.1, 0.15) is 0 Å². The molecule has 16 heavy (non-hydrogen) atoms. The zero-order valence-electron chi connectivity index (χ0n) is 9.76.